The summed E-state index contributed by atoms with van der Waals surface area (Å²) >= 11 is 14.5. The van der Waals surface area contributed by atoms with Gasteiger partial charge < -0.3 is 4.57 Å². The summed E-state index contributed by atoms with van der Waals surface area (Å²) in [5.41, 5.74) is 2.69. The van der Waals surface area contributed by atoms with E-state index in [2.05, 4.69) is 32.5 Å². The molecule has 0 bridgehead atoms. The molecule has 1 N–H and O–H groups in total. The summed E-state index contributed by atoms with van der Waals surface area (Å²) in [5.74, 6) is 0. The highest BCUT2D eigenvalue weighted by molar-refractivity contribution is 14.1. The number of nitrogens with zero attached hydrogens (tertiary/aromatic N) is 2. The average Bonchev–Trinajstić information content (AvgIpc) is 3.08. The number of benzene rings is 3. The van der Waals surface area contributed by atoms with Gasteiger partial charge in [-0.3, -0.25) is 0 Å². The number of sulfonamides is 1. The molecule has 1 aromatic heterocycles. The second-order valence-electron chi connectivity index (χ2n) is 6.77. The SMILES string of the molecule is O=S(=O)(N/N=C\c1cn(Cc2ccc(Cl)cc2Cl)c2ccccc12)c1ccc(I)cc1. The number of aromatic nitrogens is 1. The summed E-state index contributed by atoms with van der Waals surface area (Å²) in [5, 5.41) is 6.11. The predicted octanol–water partition coefficient (Wildman–Crippen LogP) is 5.91. The van der Waals surface area contributed by atoms with Crippen LogP contribution in [0.1, 0.15) is 11.1 Å². The molecule has 9 heteroatoms. The molecule has 0 amide bonds. The molecular weight excluding hydrogens is 568 g/mol. The first-order valence-corrected chi connectivity index (χ1v) is 12.5. The summed E-state index contributed by atoms with van der Waals surface area (Å²) in [4.78, 5) is 2.43. The van der Waals surface area contributed by atoms with Gasteiger partial charge in [0.25, 0.3) is 10.0 Å². The zero-order valence-corrected chi connectivity index (χ0v) is 20.5. The number of hydrogen-bond acceptors (Lipinski definition) is 3. The fraction of sp³-hybridized carbons (Fsp3) is 0.0455. The van der Waals surface area contributed by atoms with Gasteiger partial charge in [-0.15, -0.1) is 0 Å². The Hall–Kier alpha value is -2.07. The van der Waals surface area contributed by atoms with Crippen LogP contribution in [0.3, 0.4) is 0 Å². The zero-order valence-electron chi connectivity index (χ0n) is 16.0. The Labute approximate surface area is 203 Å². The molecule has 0 saturated carbocycles. The molecule has 31 heavy (non-hydrogen) atoms. The maximum atomic E-state index is 12.5. The van der Waals surface area contributed by atoms with Crippen LogP contribution in [0.4, 0.5) is 0 Å². The molecule has 158 valence electrons. The Morgan fingerprint density at radius 2 is 1.77 bits per heavy atom. The molecule has 5 nitrogen and oxygen atoms in total. The summed E-state index contributed by atoms with van der Waals surface area (Å²) in [6, 6.07) is 19.8. The van der Waals surface area contributed by atoms with Crippen LogP contribution in [-0.4, -0.2) is 19.2 Å². The van der Waals surface area contributed by atoms with Gasteiger partial charge in [-0.2, -0.15) is 13.5 Å². The largest absolute Gasteiger partial charge is 0.342 e. The van der Waals surface area contributed by atoms with Gasteiger partial charge in [0.05, 0.1) is 11.1 Å². The van der Waals surface area contributed by atoms with E-state index < -0.39 is 10.0 Å². The predicted molar refractivity (Wildman–Crippen MR) is 135 cm³/mol. The Balaban J connectivity index is 1.61. The van der Waals surface area contributed by atoms with Crippen molar-refractivity contribution in [3.8, 4) is 0 Å². The lowest BCUT2D eigenvalue weighted by Gasteiger charge is -2.08. The third kappa shape index (κ3) is 5.06. The van der Waals surface area contributed by atoms with E-state index in [1.807, 2.05) is 41.1 Å². The van der Waals surface area contributed by atoms with Crippen molar-refractivity contribution in [3.63, 3.8) is 0 Å². The molecule has 3 aromatic carbocycles. The second kappa shape index (κ2) is 9.20. The van der Waals surface area contributed by atoms with Gasteiger partial charge in [-0.1, -0.05) is 47.5 Å². The fourth-order valence-corrected chi connectivity index (χ4v) is 4.79. The first-order chi connectivity index (χ1) is 14.8. The second-order valence-corrected chi connectivity index (χ2v) is 10.5. The normalized spacial score (nSPS) is 12.0. The minimum Gasteiger partial charge on any atom is -0.342 e. The smallest absolute Gasteiger partial charge is 0.276 e. The Morgan fingerprint density at radius 3 is 2.52 bits per heavy atom. The van der Waals surface area contributed by atoms with Crippen LogP contribution in [0.15, 0.2) is 82.9 Å². The van der Waals surface area contributed by atoms with Crippen molar-refractivity contribution < 1.29 is 8.42 Å². The maximum absolute atomic E-state index is 12.5. The van der Waals surface area contributed by atoms with Gasteiger partial charge in [-0.05, 0) is 70.6 Å². The number of halogens is 3. The van der Waals surface area contributed by atoms with Crippen LogP contribution in [0, 0.1) is 3.57 Å². The number of para-hydroxylation sites is 1. The minimum atomic E-state index is -3.74. The molecule has 4 aromatic rings. The maximum Gasteiger partial charge on any atom is 0.276 e. The molecule has 0 aliphatic rings. The highest BCUT2D eigenvalue weighted by Crippen LogP contribution is 2.25. The molecule has 0 atom stereocenters. The number of nitrogens with one attached hydrogen (secondary N) is 1. The highest BCUT2D eigenvalue weighted by atomic mass is 127. The monoisotopic (exact) mass is 583 g/mol. The number of rotatable bonds is 6. The van der Waals surface area contributed by atoms with Gasteiger partial charge in [-0.25, -0.2) is 4.83 Å². The molecule has 0 fully saturated rings. The number of hydrogen-bond donors (Lipinski definition) is 1. The van der Waals surface area contributed by atoms with Crippen molar-refractivity contribution in [1.29, 1.82) is 0 Å². The molecule has 0 aliphatic heterocycles. The van der Waals surface area contributed by atoms with E-state index in [4.69, 9.17) is 23.2 Å². The van der Waals surface area contributed by atoms with Gasteiger partial charge >= 0.3 is 0 Å². The first-order valence-electron chi connectivity index (χ1n) is 9.16. The summed E-state index contributed by atoms with van der Waals surface area (Å²) in [6.07, 6.45) is 3.42. The molecule has 0 aliphatic carbocycles. The quantitative estimate of drug-likeness (QED) is 0.174. The van der Waals surface area contributed by atoms with Crippen molar-refractivity contribution in [2.24, 2.45) is 5.10 Å². The van der Waals surface area contributed by atoms with Gasteiger partial charge in [0.15, 0.2) is 0 Å². The Kier molecular flexibility index (Phi) is 6.57. The van der Waals surface area contributed by atoms with E-state index in [0.717, 1.165) is 25.6 Å². The first kappa shape index (κ1) is 22.1. The third-order valence-corrected chi connectivity index (χ3v) is 7.22. The number of hydrazone groups is 1. The van der Waals surface area contributed by atoms with Crippen LogP contribution in [0.5, 0.6) is 0 Å². The summed E-state index contributed by atoms with van der Waals surface area (Å²) in [7, 11) is -3.74. The molecule has 0 saturated heterocycles. The minimum absolute atomic E-state index is 0.157. The molecule has 0 spiro atoms. The lowest BCUT2D eigenvalue weighted by atomic mass is 10.2. The topological polar surface area (TPSA) is 63.5 Å². The van der Waals surface area contributed by atoms with E-state index in [9.17, 15) is 8.42 Å². The van der Waals surface area contributed by atoms with Crippen LogP contribution < -0.4 is 4.83 Å². The number of fused-ring (bicyclic) bond motifs is 1. The summed E-state index contributed by atoms with van der Waals surface area (Å²) in [6.45, 7) is 0.540. The van der Waals surface area contributed by atoms with Crippen molar-refractivity contribution in [2.45, 2.75) is 11.4 Å². The molecule has 0 radical (unpaired) electrons. The average molecular weight is 584 g/mol. The van der Waals surface area contributed by atoms with E-state index in [1.54, 1.807) is 36.4 Å². The van der Waals surface area contributed by atoms with Crippen LogP contribution in [0.2, 0.25) is 10.0 Å². The van der Waals surface area contributed by atoms with Crippen molar-refractivity contribution in [1.82, 2.24) is 9.40 Å². The molecular formula is C22H16Cl2IN3O2S. The van der Waals surface area contributed by atoms with E-state index >= 15 is 0 Å². The third-order valence-electron chi connectivity index (χ3n) is 4.68. The van der Waals surface area contributed by atoms with Crippen molar-refractivity contribution >= 4 is 72.9 Å². The molecule has 0 unspecified atom stereocenters. The van der Waals surface area contributed by atoms with E-state index in [1.165, 1.54) is 6.21 Å². The van der Waals surface area contributed by atoms with Gasteiger partial charge in [0.1, 0.15) is 0 Å². The van der Waals surface area contributed by atoms with Crippen LogP contribution >= 0.6 is 45.8 Å². The Morgan fingerprint density at radius 1 is 1.03 bits per heavy atom. The fourth-order valence-electron chi connectivity index (χ4n) is 3.17. The standard InChI is InChI=1S/C22H16Cl2IN3O2S/c23-17-6-5-15(21(24)11-17)13-28-14-16(20-3-1-2-4-22(20)28)12-26-27-31(29,30)19-9-7-18(25)8-10-19/h1-12,14,27H,13H2/b26-12-. The Bertz CT molecular complexity index is 1380. The zero-order chi connectivity index (χ0) is 22.0. The van der Waals surface area contributed by atoms with E-state index in [-0.39, 0.29) is 4.90 Å². The van der Waals surface area contributed by atoms with Crippen molar-refractivity contribution in [2.75, 3.05) is 0 Å². The molecule has 1 heterocycles. The van der Waals surface area contributed by atoms with Crippen molar-refractivity contribution in [3.05, 3.63) is 97.7 Å². The summed E-state index contributed by atoms with van der Waals surface area (Å²) < 4.78 is 27.9. The lowest BCUT2D eigenvalue weighted by molar-refractivity contribution is 0.584. The lowest BCUT2D eigenvalue weighted by Crippen LogP contribution is -2.18. The molecule has 4 rings (SSSR count). The van der Waals surface area contributed by atoms with Gasteiger partial charge in [0.2, 0.25) is 0 Å². The van der Waals surface area contributed by atoms with E-state index in [0.29, 0.717) is 16.6 Å². The van der Waals surface area contributed by atoms with Gasteiger partial charge in [0, 0.05) is 42.8 Å². The van der Waals surface area contributed by atoms with Crippen LogP contribution in [-0.2, 0) is 16.6 Å². The highest BCUT2D eigenvalue weighted by Gasteiger charge is 2.13. The van der Waals surface area contributed by atoms with Crippen LogP contribution in [0.25, 0.3) is 10.9 Å².